The summed E-state index contributed by atoms with van der Waals surface area (Å²) in [6, 6.07) is 12.8. The third-order valence-corrected chi connectivity index (χ3v) is 3.58. The Morgan fingerprint density at radius 1 is 1.20 bits per heavy atom. The molecule has 8 heteroatoms. The highest BCUT2D eigenvalue weighted by atomic mass is 35.5. The number of anilines is 1. The van der Waals surface area contributed by atoms with Crippen molar-refractivity contribution in [2.24, 2.45) is 0 Å². The van der Waals surface area contributed by atoms with Crippen LogP contribution in [0.4, 0.5) is 11.4 Å². The highest BCUT2D eigenvalue weighted by molar-refractivity contribution is 6.30. The number of amides is 1. The van der Waals surface area contributed by atoms with Crippen molar-refractivity contribution in [1.82, 2.24) is 4.90 Å². The predicted molar refractivity (Wildman–Crippen MR) is 96.2 cm³/mol. The lowest BCUT2D eigenvalue weighted by Gasteiger charge is -2.16. The molecule has 0 aliphatic heterocycles. The van der Waals surface area contributed by atoms with Gasteiger partial charge in [-0.1, -0.05) is 11.6 Å². The summed E-state index contributed by atoms with van der Waals surface area (Å²) in [6.45, 7) is 1.18. The largest absolute Gasteiger partial charge is 0.492 e. The van der Waals surface area contributed by atoms with Gasteiger partial charge < -0.3 is 10.1 Å². The van der Waals surface area contributed by atoms with Crippen LogP contribution in [0.15, 0.2) is 48.5 Å². The van der Waals surface area contributed by atoms with E-state index in [1.54, 1.807) is 31.3 Å². The molecule has 2 aromatic carbocycles. The van der Waals surface area contributed by atoms with Crippen molar-refractivity contribution in [2.45, 2.75) is 0 Å². The van der Waals surface area contributed by atoms with Gasteiger partial charge in [-0.25, -0.2) is 0 Å². The standard InChI is InChI=1S/C17H18ClN3O4/c1-20(10-11-25-16-8-2-13(18)3-9-16)12-17(22)19-14-4-6-15(7-5-14)21(23)24/h2-9H,10-12H2,1H3,(H,19,22). The highest BCUT2D eigenvalue weighted by Crippen LogP contribution is 2.16. The van der Waals surface area contributed by atoms with Crippen LogP contribution in [0, 0.1) is 10.1 Å². The number of likely N-dealkylation sites (N-methyl/N-ethyl adjacent to an activating group) is 1. The van der Waals surface area contributed by atoms with Gasteiger partial charge >= 0.3 is 0 Å². The van der Waals surface area contributed by atoms with E-state index < -0.39 is 4.92 Å². The lowest BCUT2D eigenvalue weighted by molar-refractivity contribution is -0.384. The first-order chi connectivity index (χ1) is 11.9. The van der Waals surface area contributed by atoms with Crippen molar-refractivity contribution in [3.8, 4) is 5.75 Å². The summed E-state index contributed by atoms with van der Waals surface area (Å²) in [7, 11) is 1.81. The van der Waals surface area contributed by atoms with E-state index in [-0.39, 0.29) is 18.1 Å². The van der Waals surface area contributed by atoms with E-state index in [2.05, 4.69) is 5.32 Å². The van der Waals surface area contributed by atoms with Crippen molar-refractivity contribution in [3.05, 3.63) is 63.7 Å². The van der Waals surface area contributed by atoms with Gasteiger partial charge in [0.15, 0.2) is 0 Å². The van der Waals surface area contributed by atoms with Crippen molar-refractivity contribution in [1.29, 1.82) is 0 Å². The number of rotatable bonds is 8. The molecule has 0 atom stereocenters. The second-order valence-electron chi connectivity index (χ2n) is 5.39. The zero-order valence-corrected chi connectivity index (χ0v) is 14.4. The van der Waals surface area contributed by atoms with Gasteiger partial charge in [-0.3, -0.25) is 19.8 Å². The lowest BCUT2D eigenvalue weighted by Crippen LogP contribution is -2.33. The Kier molecular flexibility index (Phi) is 6.73. The van der Waals surface area contributed by atoms with Crippen LogP contribution in [0.25, 0.3) is 0 Å². The fraction of sp³-hybridized carbons (Fsp3) is 0.235. The molecule has 0 unspecified atom stereocenters. The van der Waals surface area contributed by atoms with Crippen LogP contribution in [0.1, 0.15) is 0 Å². The fourth-order valence-electron chi connectivity index (χ4n) is 2.04. The zero-order valence-electron chi connectivity index (χ0n) is 13.6. The summed E-state index contributed by atoms with van der Waals surface area (Å²) in [5, 5.41) is 13.9. The van der Waals surface area contributed by atoms with Crippen molar-refractivity contribution in [3.63, 3.8) is 0 Å². The predicted octanol–water partition coefficient (Wildman–Crippen LogP) is 3.20. The monoisotopic (exact) mass is 363 g/mol. The molecule has 2 rings (SSSR count). The van der Waals surface area contributed by atoms with Crippen LogP contribution >= 0.6 is 11.6 Å². The molecule has 0 saturated heterocycles. The number of non-ortho nitro benzene ring substituents is 1. The molecule has 1 amide bonds. The molecule has 7 nitrogen and oxygen atoms in total. The fourth-order valence-corrected chi connectivity index (χ4v) is 2.17. The molecular formula is C17H18ClN3O4. The lowest BCUT2D eigenvalue weighted by atomic mass is 10.3. The van der Waals surface area contributed by atoms with Crippen LogP contribution in [0.2, 0.25) is 5.02 Å². The third kappa shape index (κ3) is 6.40. The molecule has 0 aliphatic carbocycles. The summed E-state index contributed by atoms with van der Waals surface area (Å²) >= 11 is 5.80. The van der Waals surface area contributed by atoms with Crippen LogP contribution in [0.3, 0.4) is 0 Å². The Bertz CT molecular complexity index is 720. The van der Waals surface area contributed by atoms with Crippen molar-refractivity contribution in [2.75, 3.05) is 32.1 Å². The van der Waals surface area contributed by atoms with Crippen molar-refractivity contribution >= 4 is 28.9 Å². The van der Waals surface area contributed by atoms with E-state index in [9.17, 15) is 14.9 Å². The molecule has 2 aromatic rings. The van der Waals surface area contributed by atoms with Gasteiger partial charge in [0.2, 0.25) is 5.91 Å². The molecule has 0 saturated carbocycles. The Morgan fingerprint density at radius 2 is 1.84 bits per heavy atom. The van der Waals surface area contributed by atoms with Gasteiger partial charge in [-0.2, -0.15) is 0 Å². The summed E-state index contributed by atoms with van der Waals surface area (Å²) in [4.78, 5) is 23.9. The molecule has 25 heavy (non-hydrogen) atoms. The second kappa shape index (κ2) is 9.00. The molecule has 0 bridgehead atoms. The number of nitro groups is 1. The molecule has 0 spiro atoms. The number of halogens is 1. The van der Waals surface area contributed by atoms with Gasteiger partial charge in [0.25, 0.3) is 5.69 Å². The van der Waals surface area contributed by atoms with Crippen LogP contribution in [-0.4, -0.2) is 42.5 Å². The molecule has 0 aliphatic rings. The normalized spacial score (nSPS) is 10.5. The first kappa shape index (κ1) is 18.7. The summed E-state index contributed by atoms with van der Waals surface area (Å²) in [5.74, 6) is 0.510. The van der Waals surface area contributed by atoms with Gasteiger partial charge in [0.1, 0.15) is 12.4 Å². The quantitative estimate of drug-likeness (QED) is 0.575. The van der Waals surface area contributed by atoms with Crippen LogP contribution in [0.5, 0.6) is 5.75 Å². The van der Waals surface area contributed by atoms with E-state index >= 15 is 0 Å². The molecule has 1 N–H and O–H groups in total. The molecule has 132 valence electrons. The maximum Gasteiger partial charge on any atom is 0.269 e. The maximum atomic E-state index is 12.0. The molecular weight excluding hydrogens is 346 g/mol. The molecule has 0 aromatic heterocycles. The number of nitrogens with zero attached hydrogens (tertiary/aromatic N) is 2. The number of hydrogen-bond donors (Lipinski definition) is 1. The summed E-state index contributed by atoms with van der Waals surface area (Å²) < 4.78 is 5.57. The smallest absolute Gasteiger partial charge is 0.269 e. The van der Waals surface area contributed by atoms with Gasteiger partial charge in [0.05, 0.1) is 11.5 Å². The number of carbonyl (C=O) groups excluding carboxylic acids is 1. The summed E-state index contributed by atoms with van der Waals surface area (Å²) in [5.41, 5.74) is 0.496. The van der Waals surface area contributed by atoms with Gasteiger partial charge in [0, 0.05) is 29.4 Å². The first-order valence-corrected chi connectivity index (χ1v) is 7.93. The third-order valence-electron chi connectivity index (χ3n) is 3.33. The Morgan fingerprint density at radius 3 is 2.44 bits per heavy atom. The Labute approximate surface area is 150 Å². The van der Waals surface area contributed by atoms with Crippen LogP contribution < -0.4 is 10.1 Å². The van der Waals surface area contributed by atoms with Crippen LogP contribution in [-0.2, 0) is 4.79 Å². The zero-order chi connectivity index (χ0) is 18.2. The number of ether oxygens (including phenoxy) is 1. The topological polar surface area (TPSA) is 84.7 Å². The summed E-state index contributed by atoms with van der Waals surface area (Å²) in [6.07, 6.45) is 0. The number of nitro benzene ring substituents is 1. The van der Waals surface area contributed by atoms with E-state index in [4.69, 9.17) is 16.3 Å². The number of nitrogens with one attached hydrogen (secondary N) is 1. The average Bonchev–Trinajstić information content (AvgIpc) is 2.57. The average molecular weight is 364 g/mol. The molecule has 0 fully saturated rings. The van der Waals surface area contributed by atoms with E-state index in [0.717, 1.165) is 0 Å². The Hall–Kier alpha value is -2.64. The minimum Gasteiger partial charge on any atom is -0.492 e. The van der Waals surface area contributed by atoms with Gasteiger partial charge in [-0.05, 0) is 43.4 Å². The Balaban J connectivity index is 1.72. The van der Waals surface area contributed by atoms with Crippen molar-refractivity contribution < 1.29 is 14.5 Å². The minimum absolute atomic E-state index is 0.0190. The van der Waals surface area contributed by atoms with Gasteiger partial charge in [-0.15, -0.1) is 0 Å². The number of hydrogen-bond acceptors (Lipinski definition) is 5. The number of benzene rings is 2. The second-order valence-corrected chi connectivity index (χ2v) is 5.83. The highest BCUT2D eigenvalue weighted by Gasteiger charge is 2.09. The minimum atomic E-state index is -0.486. The molecule has 0 radical (unpaired) electrons. The molecule has 0 heterocycles. The SMILES string of the molecule is CN(CCOc1ccc(Cl)cc1)CC(=O)Nc1ccc([N+](=O)[O-])cc1. The van der Waals surface area contributed by atoms with E-state index in [0.29, 0.717) is 29.6 Å². The van der Waals surface area contributed by atoms with E-state index in [1.165, 1.54) is 24.3 Å². The maximum absolute atomic E-state index is 12.0. The number of carbonyl (C=O) groups is 1. The first-order valence-electron chi connectivity index (χ1n) is 7.55. The van der Waals surface area contributed by atoms with E-state index in [1.807, 2.05) is 4.90 Å².